The first kappa shape index (κ1) is 14.0. The van der Waals surface area contributed by atoms with E-state index < -0.39 is 6.10 Å². The molecule has 1 aromatic carbocycles. The van der Waals surface area contributed by atoms with Crippen LogP contribution in [0.4, 0.5) is 0 Å². The summed E-state index contributed by atoms with van der Waals surface area (Å²) in [7, 11) is 0. The summed E-state index contributed by atoms with van der Waals surface area (Å²) in [6.45, 7) is 2.83. The summed E-state index contributed by atoms with van der Waals surface area (Å²) in [6.07, 6.45) is 4.05. The van der Waals surface area contributed by atoms with Gasteiger partial charge in [0.25, 0.3) is 0 Å². The summed E-state index contributed by atoms with van der Waals surface area (Å²) in [6, 6.07) is 7.95. The van der Waals surface area contributed by atoms with Gasteiger partial charge in [0.15, 0.2) is 0 Å². The molecule has 3 N–H and O–H groups in total. The van der Waals surface area contributed by atoms with Crippen LogP contribution in [0, 0.1) is 11.3 Å². The molecule has 0 aliphatic heterocycles. The second kappa shape index (κ2) is 5.72. The molecule has 0 amide bonds. The highest BCUT2D eigenvalue weighted by Crippen LogP contribution is 2.47. The molecule has 0 saturated heterocycles. The second-order valence-electron chi connectivity index (χ2n) is 5.72. The molecule has 3 atom stereocenters. The van der Waals surface area contributed by atoms with Crippen molar-refractivity contribution >= 4 is 15.9 Å². The number of rotatable bonds is 3. The van der Waals surface area contributed by atoms with Crippen molar-refractivity contribution in [2.24, 2.45) is 17.1 Å². The van der Waals surface area contributed by atoms with E-state index in [-0.39, 0.29) is 5.41 Å². The molecule has 2 rings (SSSR count). The molecule has 1 aliphatic rings. The predicted molar refractivity (Wildman–Crippen MR) is 78.2 cm³/mol. The van der Waals surface area contributed by atoms with Gasteiger partial charge >= 0.3 is 0 Å². The number of aliphatic hydroxyl groups excluding tert-OH is 1. The molecule has 18 heavy (non-hydrogen) atoms. The maximum Gasteiger partial charge on any atom is 0.0858 e. The zero-order chi connectivity index (χ0) is 13.2. The number of hydrogen-bond donors (Lipinski definition) is 2. The van der Waals surface area contributed by atoms with Crippen LogP contribution >= 0.6 is 15.9 Å². The van der Waals surface area contributed by atoms with E-state index in [4.69, 9.17) is 5.73 Å². The average molecular weight is 312 g/mol. The number of aliphatic hydroxyl groups is 1. The molecule has 3 unspecified atom stereocenters. The van der Waals surface area contributed by atoms with E-state index in [9.17, 15) is 5.11 Å². The lowest BCUT2D eigenvalue weighted by atomic mass is 9.65. The van der Waals surface area contributed by atoms with Gasteiger partial charge in [-0.05, 0) is 36.5 Å². The Morgan fingerprint density at radius 1 is 1.44 bits per heavy atom. The molecular formula is C15H22BrNO. The van der Waals surface area contributed by atoms with E-state index >= 15 is 0 Å². The Hall–Kier alpha value is -0.380. The highest BCUT2D eigenvalue weighted by molar-refractivity contribution is 9.10. The molecule has 1 saturated carbocycles. The minimum atomic E-state index is -0.446. The Morgan fingerprint density at radius 2 is 2.11 bits per heavy atom. The molecule has 0 bridgehead atoms. The average Bonchev–Trinajstić information content (AvgIpc) is 2.38. The monoisotopic (exact) mass is 311 g/mol. The maximum absolute atomic E-state index is 10.7. The van der Waals surface area contributed by atoms with Crippen molar-refractivity contribution in [3.63, 3.8) is 0 Å². The number of hydrogen-bond acceptors (Lipinski definition) is 2. The van der Waals surface area contributed by atoms with Crippen molar-refractivity contribution in [3.8, 4) is 0 Å². The highest BCUT2D eigenvalue weighted by Gasteiger charge is 2.40. The standard InChI is InChI=1S/C15H22BrNO/c1-11-3-2-8-15(9-11,10-17)14(18)12-4-6-13(16)7-5-12/h4-7,11,14,18H,2-3,8-10,17H2,1H3. The molecule has 3 heteroatoms. The molecule has 1 fully saturated rings. The highest BCUT2D eigenvalue weighted by atomic mass is 79.9. The van der Waals surface area contributed by atoms with Crippen molar-refractivity contribution in [2.75, 3.05) is 6.54 Å². The van der Waals surface area contributed by atoms with Crippen LogP contribution in [0.15, 0.2) is 28.7 Å². The summed E-state index contributed by atoms with van der Waals surface area (Å²) in [5.41, 5.74) is 6.85. The van der Waals surface area contributed by atoms with E-state index in [2.05, 4.69) is 22.9 Å². The van der Waals surface area contributed by atoms with Gasteiger partial charge in [-0.3, -0.25) is 0 Å². The summed E-state index contributed by atoms with van der Waals surface area (Å²) in [4.78, 5) is 0. The molecule has 0 radical (unpaired) electrons. The summed E-state index contributed by atoms with van der Waals surface area (Å²) in [5.74, 6) is 0.660. The number of halogens is 1. The Labute approximate surface area is 118 Å². The molecule has 100 valence electrons. The summed E-state index contributed by atoms with van der Waals surface area (Å²) >= 11 is 3.42. The molecule has 0 heterocycles. The smallest absolute Gasteiger partial charge is 0.0858 e. The van der Waals surface area contributed by atoms with Gasteiger partial charge in [-0.15, -0.1) is 0 Å². The molecule has 2 nitrogen and oxygen atoms in total. The number of benzene rings is 1. The van der Waals surface area contributed by atoms with E-state index in [0.717, 1.165) is 22.9 Å². The van der Waals surface area contributed by atoms with Crippen molar-refractivity contribution < 1.29 is 5.11 Å². The van der Waals surface area contributed by atoms with Crippen molar-refractivity contribution in [1.82, 2.24) is 0 Å². The molecular weight excluding hydrogens is 290 g/mol. The second-order valence-corrected chi connectivity index (χ2v) is 6.64. The minimum Gasteiger partial charge on any atom is -0.388 e. The van der Waals surface area contributed by atoms with Gasteiger partial charge in [0, 0.05) is 16.4 Å². The predicted octanol–water partition coefficient (Wildman–Crippen LogP) is 3.64. The molecule has 1 aromatic rings. The fourth-order valence-electron chi connectivity index (χ4n) is 3.24. The zero-order valence-electron chi connectivity index (χ0n) is 10.9. The van der Waals surface area contributed by atoms with E-state index in [0.29, 0.717) is 12.5 Å². The van der Waals surface area contributed by atoms with Crippen LogP contribution in [0.5, 0.6) is 0 Å². The van der Waals surface area contributed by atoms with Crippen molar-refractivity contribution in [3.05, 3.63) is 34.3 Å². The van der Waals surface area contributed by atoms with E-state index in [1.165, 1.54) is 12.8 Å². The van der Waals surface area contributed by atoms with Crippen molar-refractivity contribution in [2.45, 2.75) is 38.7 Å². The van der Waals surface area contributed by atoms with Crippen LogP contribution in [0.1, 0.15) is 44.3 Å². The van der Waals surface area contributed by atoms with Gasteiger partial charge < -0.3 is 10.8 Å². The summed E-state index contributed by atoms with van der Waals surface area (Å²) < 4.78 is 1.04. The van der Waals surface area contributed by atoms with Crippen LogP contribution < -0.4 is 5.73 Å². The van der Waals surface area contributed by atoms with Crippen LogP contribution in [-0.4, -0.2) is 11.7 Å². The quantitative estimate of drug-likeness (QED) is 0.895. The number of nitrogens with two attached hydrogens (primary N) is 1. The van der Waals surface area contributed by atoms with Gasteiger partial charge in [-0.1, -0.05) is 47.8 Å². The third kappa shape index (κ3) is 2.79. The van der Waals surface area contributed by atoms with Gasteiger partial charge in [0.2, 0.25) is 0 Å². The van der Waals surface area contributed by atoms with E-state index in [1.807, 2.05) is 24.3 Å². The van der Waals surface area contributed by atoms with Crippen LogP contribution in [0.25, 0.3) is 0 Å². The van der Waals surface area contributed by atoms with E-state index in [1.54, 1.807) is 0 Å². The molecule has 1 aliphatic carbocycles. The first-order valence-corrected chi connectivity index (χ1v) is 7.50. The van der Waals surface area contributed by atoms with Crippen LogP contribution in [0.3, 0.4) is 0 Å². The first-order chi connectivity index (χ1) is 8.57. The van der Waals surface area contributed by atoms with Crippen LogP contribution in [0.2, 0.25) is 0 Å². The third-order valence-electron chi connectivity index (χ3n) is 4.30. The summed E-state index contributed by atoms with van der Waals surface area (Å²) in [5, 5.41) is 10.7. The normalized spacial score (nSPS) is 30.1. The Morgan fingerprint density at radius 3 is 2.67 bits per heavy atom. The lowest BCUT2D eigenvalue weighted by Gasteiger charge is -2.43. The third-order valence-corrected chi connectivity index (χ3v) is 4.83. The Kier molecular flexibility index (Phi) is 4.46. The fourth-order valence-corrected chi connectivity index (χ4v) is 3.51. The largest absolute Gasteiger partial charge is 0.388 e. The lowest BCUT2D eigenvalue weighted by Crippen LogP contribution is -2.40. The van der Waals surface area contributed by atoms with Gasteiger partial charge in [0.1, 0.15) is 0 Å². The Balaban J connectivity index is 2.23. The zero-order valence-corrected chi connectivity index (χ0v) is 12.5. The van der Waals surface area contributed by atoms with Crippen LogP contribution in [-0.2, 0) is 0 Å². The minimum absolute atomic E-state index is 0.133. The van der Waals surface area contributed by atoms with Gasteiger partial charge in [-0.25, -0.2) is 0 Å². The lowest BCUT2D eigenvalue weighted by molar-refractivity contribution is -0.0130. The molecule has 0 aromatic heterocycles. The van der Waals surface area contributed by atoms with Crippen molar-refractivity contribution in [1.29, 1.82) is 0 Å². The Bertz CT molecular complexity index is 392. The van der Waals surface area contributed by atoms with Gasteiger partial charge in [0.05, 0.1) is 6.10 Å². The first-order valence-electron chi connectivity index (χ1n) is 6.71. The fraction of sp³-hybridized carbons (Fsp3) is 0.600. The SMILES string of the molecule is CC1CCCC(CN)(C(O)c2ccc(Br)cc2)C1. The maximum atomic E-state index is 10.7. The van der Waals surface area contributed by atoms with Gasteiger partial charge in [-0.2, -0.15) is 0 Å². The molecule has 0 spiro atoms. The topological polar surface area (TPSA) is 46.2 Å².